The predicted octanol–water partition coefficient (Wildman–Crippen LogP) is -0.512. The van der Waals surface area contributed by atoms with Crippen LogP contribution in [-0.4, -0.2) is 152 Å². The van der Waals surface area contributed by atoms with E-state index in [0.29, 0.717) is 19.6 Å². The summed E-state index contributed by atoms with van der Waals surface area (Å²) in [6, 6.07) is 0. The van der Waals surface area contributed by atoms with E-state index in [1.165, 1.54) is 11.0 Å². The quantitative estimate of drug-likeness (QED) is 0.423. The monoisotopic (exact) mass is 518 g/mol. The zero-order chi connectivity index (χ0) is 28.1. The Balaban J connectivity index is 0.000000248. The predicted molar refractivity (Wildman–Crippen MR) is 143 cm³/mol. The number of carbonyl (C=O) groups excluding carboxylic acids is 4. The first-order valence-corrected chi connectivity index (χ1v) is 11.8. The zero-order valence-corrected chi connectivity index (χ0v) is 23.4. The van der Waals surface area contributed by atoms with E-state index in [2.05, 4.69) is 0 Å². The van der Waals surface area contributed by atoms with Crippen LogP contribution in [0.3, 0.4) is 0 Å². The molecule has 4 aliphatic heterocycles. The van der Waals surface area contributed by atoms with Crippen LogP contribution >= 0.6 is 0 Å². The van der Waals surface area contributed by atoms with E-state index in [-0.39, 0.29) is 23.6 Å². The van der Waals surface area contributed by atoms with Crippen molar-refractivity contribution in [2.24, 2.45) is 0 Å². The third-order valence-corrected chi connectivity index (χ3v) is 5.48. The van der Waals surface area contributed by atoms with Crippen LogP contribution in [0, 0.1) is 0 Å². The van der Waals surface area contributed by atoms with Crippen molar-refractivity contribution in [2.75, 3.05) is 89.2 Å². The topological polar surface area (TPSA) is 94.2 Å². The number of hydrogen-bond acceptors (Lipinski definition) is 8. The van der Waals surface area contributed by atoms with E-state index >= 15 is 0 Å². The first-order valence-electron chi connectivity index (χ1n) is 11.8. The fourth-order valence-corrected chi connectivity index (χ4v) is 3.02. The second kappa shape index (κ2) is 15.5. The molecule has 0 aromatic carbocycles. The highest BCUT2D eigenvalue weighted by Gasteiger charge is 2.19. The summed E-state index contributed by atoms with van der Waals surface area (Å²) in [5.74, 6) is 0.504. The first kappa shape index (κ1) is 31.4. The smallest absolute Gasteiger partial charge is 0.251 e. The highest BCUT2D eigenvalue weighted by Crippen LogP contribution is 1.99. The van der Waals surface area contributed by atoms with Crippen LogP contribution in [0.25, 0.3) is 0 Å². The van der Waals surface area contributed by atoms with E-state index in [1.54, 1.807) is 54.4 Å². The molecule has 1 fully saturated rings. The maximum atomic E-state index is 11.1. The average Bonchev–Trinajstić information content (AvgIpc) is 2.93. The highest BCUT2D eigenvalue weighted by molar-refractivity contribution is 5.88. The molecule has 0 aromatic heterocycles. The third kappa shape index (κ3) is 12.2. The van der Waals surface area contributed by atoms with Crippen LogP contribution < -0.4 is 0 Å². The Morgan fingerprint density at radius 2 is 1.14 bits per heavy atom. The van der Waals surface area contributed by atoms with Gasteiger partial charge in [0.15, 0.2) is 0 Å². The van der Waals surface area contributed by atoms with Crippen LogP contribution in [-0.2, 0) is 19.2 Å². The van der Waals surface area contributed by atoms with Crippen LogP contribution in [0.1, 0.15) is 0 Å². The van der Waals surface area contributed by atoms with Gasteiger partial charge < -0.3 is 29.4 Å². The molecule has 0 bridgehead atoms. The summed E-state index contributed by atoms with van der Waals surface area (Å²) in [6.45, 7) is 3.22. The Labute approximate surface area is 220 Å². The Hall–Kier alpha value is -3.64. The van der Waals surface area contributed by atoms with E-state index in [9.17, 15) is 19.2 Å². The van der Waals surface area contributed by atoms with Crippen molar-refractivity contribution < 1.29 is 19.2 Å². The molecule has 0 saturated carbocycles. The number of likely N-dealkylation sites (N-methyl/N-ethyl adjacent to an activating group) is 7. The molecular weight excluding hydrogens is 476 g/mol. The minimum atomic E-state index is 0.000556. The van der Waals surface area contributed by atoms with Crippen LogP contribution in [0.15, 0.2) is 49.4 Å². The number of rotatable bonds is 0. The van der Waals surface area contributed by atoms with Gasteiger partial charge in [-0.3, -0.25) is 29.0 Å². The number of amides is 4. The minimum absolute atomic E-state index is 0.000556. The lowest BCUT2D eigenvalue weighted by molar-refractivity contribution is -0.129. The van der Waals surface area contributed by atoms with Gasteiger partial charge in [-0.05, 0) is 14.1 Å². The molecule has 4 rings (SSSR count). The molecule has 37 heavy (non-hydrogen) atoms. The summed E-state index contributed by atoms with van der Waals surface area (Å²) in [6.07, 6.45) is 14.2. The van der Waals surface area contributed by atoms with Crippen LogP contribution in [0.4, 0.5) is 0 Å². The van der Waals surface area contributed by atoms with Gasteiger partial charge in [-0.15, -0.1) is 0 Å². The van der Waals surface area contributed by atoms with Crippen molar-refractivity contribution in [1.29, 1.82) is 0 Å². The SMILES string of the molecule is CN1C=CC(=O)N(C)C=C1.CN1C=CN(C)C(=O)C1.CN1CC(=O)N(C)C1.CN1CC=CN(C)C(=O)C1. The molecule has 4 amide bonds. The molecule has 0 unspecified atom stereocenters. The lowest BCUT2D eigenvalue weighted by Crippen LogP contribution is -2.35. The second-order valence-corrected chi connectivity index (χ2v) is 9.28. The van der Waals surface area contributed by atoms with Gasteiger partial charge in [-0.2, -0.15) is 0 Å². The van der Waals surface area contributed by atoms with Crippen molar-refractivity contribution >= 4 is 23.6 Å². The van der Waals surface area contributed by atoms with E-state index in [0.717, 1.165) is 13.2 Å². The molecule has 0 aliphatic carbocycles. The Morgan fingerprint density at radius 1 is 0.568 bits per heavy atom. The fraction of sp³-hybridized carbons (Fsp3) is 0.520. The molecule has 206 valence electrons. The first-order chi connectivity index (χ1) is 17.3. The summed E-state index contributed by atoms with van der Waals surface area (Å²) in [4.78, 5) is 57.5. The van der Waals surface area contributed by atoms with E-state index in [1.807, 2.05) is 79.5 Å². The lowest BCUT2D eigenvalue weighted by atomic mass is 10.4. The standard InChI is InChI=1S/C7H10N2O.C7H12N2O.C6H10N2O.C5H10N2O/c1-8-4-3-7(10)9(2)6-5-8;1-8-4-3-5-9(2)7(10)6-8;1-7-3-4-8(2)6(9)5-7;1-6-3-5(8)7(2)4-6/h3-6H,1-2H3;3,5H,4,6H2,1-2H3;3-4H,5H2,1-2H3;3-4H2,1-2H3. The van der Waals surface area contributed by atoms with Gasteiger partial charge in [0.25, 0.3) is 5.91 Å². The van der Waals surface area contributed by atoms with Gasteiger partial charge in [0, 0.05) is 92.1 Å². The number of hydrogen-bond donors (Lipinski definition) is 0. The molecule has 12 nitrogen and oxygen atoms in total. The van der Waals surface area contributed by atoms with Gasteiger partial charge >= 0.3 is 0 Å². The molecule has 0 radical (unpaired) electrons. The molecule has 0 N–H and O–H groups in total. The van der Waals surface area contributed by atoms with E-state index < -0.39 is 0 Å². The van der Waals surface area contributed by atoms with Crippen molar-refractivity contribution in [2.45, 2.75) is 0 Å². The van der Waals surface area contributed by atoms with Crippen molar-refractivity contribution in [1.82, 2.24) is 39.2 Å². The molecular formula is C25H42N8O4. The lowest BCUT2D eigenvalue weighted by Gasteiger charge is -2.23. The molecule has 0 atom stereocenters. The van der Waals surface area contributed by atoms with Gasteiger partial charge in [0.05, 0.1) is 26.3 Å². The van der Waals surface area contributed by atoms with Crippen molar-refractivity contribution in [3.63, 3.8) is 0 Å². The molecule has 0 spiro atoms. The molecule has 12 heteroatoms. The largest absolute Gasteiger partial charge is 0.370 e. The van der Waals surface area contributed by atoms with Crippen molar-refractivity contribution in [3.8, 4) is 0 Å². The molecule has 0 aromatic rings. The normalized spacial score (nSPS) is 20.2. The van der Waals surface area contributed by atoms with Crippen LogP contribution in [0.5, 0.6) is 0 Å². The summed E-state index contributed by atoms with van der Waals surface area (Å²) in [7, 11) is 14.7. The van der Waals surface area contributed by atoms with E-state index in [4.69, 9.17) is 0 Å². The summed E-state index contributed by atoms with van der Waals surface area (Å²) in [5, 5.41) is 0. The molecule has 4 heterocycles. The molecule has 4 aliphatic rings. The fourth-order valence-electron chi connectivity index (χ4n) is 3.02. The summed E-state index contributed by atoms with van der Waals surface area (Å²) in [5.41, 5.74) is 0. The minimum Gasteiger partial charge on any atom is -0.370 e. The van der Waals surface area contributed by atoms with Gasteiger partial charge in [-0.25, -0.2) is 0 Å². The number of carbonyl (C=O) groups is 4. The van der Waals surface area contributed by atoms with Crippen molar-refractivity contribution in [3.05, 3.63) is 49.4 Å². The Morgan fingerprint density at radius 3 is 1.65 bits per heavy atom. The summed E-state index contributed by atoms with van der Waals surface area (Å²) >= 11 is 0. The van der Waals surface area contributed by atoms with Gasteiger partial charge in [0.2, 0.25) is 17.7 Å². The second-order valence-electron chi connectivity index (χ2n) is 9.28. The van der Waals surface area contributed by atoms with Gasteiger partial charge in [-0.1, -0.05) is 6.08 Å². The maximum absolute atomic E-state index is 11.1. The highest BCUT2D eigenvalue weighted by atomic mass is 16.2. The average molecular weight is 519 g/mol. The Bertz CT molecular complexity index is 916. The van der Waals surface area contributed by atoms with Crippen LogP contribution in [0.2, 0.25) is 0 Å². The number of nitrogens with zero attached hydrogens (tertiary/aromatic N) is 8. The third-order valence-electron chi connectivity index (χ3n) is 5.48. The maximum Gasteiger partial charge on any atom is 0.251 e. The summed E-state index contributed by atoms with van der Waals surface area (Å²) < 4.78 is 0. The molecule has 1 saturated heterocycles. The van der Waals surface area contributed by atoms with Gasteiger partial charge in [0.1, 0.15) is 0 Å². The Kier molecular flexibility index (Phi) is 13.1. The zero-order valence-electron chi connectivity index (χ0n) is 23.4.